The van der Waals surface area contributed by atoms with Crippen LogP contribution in [-0.4, -0.2) is 42.2 Å². The summed E-state index contributed by atoms with van der Waals surface area (Å²) in [6.45, 7) is 2.90. The highest BCUT2D eigenvalue weighted by Gasteiger charge is 2.14. The standard InChI is InChI=1S/C22H45NO4/c1-2-3-4-5-6-7-8-9-10-11-12-13-14-15-16-17-18-27-19-21(25)22(26)23-20-24/h20-22,25-26H,2-19H2,1H3,(H,23,24). The quantitative estimate of drug-likeness (QED) is 0.143. The van der Waals surface area contributed by atoms with Crippen molar-refractivity contribution in [2.45, 2.75) is 122 Å². The lowest BCUT2D eigenvalue weighted by atomic mass is 10.0. The monoisotopic (exact) mass is 387 g/mol. The van der Waals surface area contributed by atoms with Gasteiger partial charge in [0.2, 0.25) is 6.41 Å². The Balaban J connectivity index is 3.12. The summed E-state index contributed by atoms with van der Waals surface area (Å²) in [6, 6.07) is 0. The molecular formula is C22H45NO4. The molecule has 5 nitrogen and oxygen atoms in total. The highest BCUT2D eigenvalue weighted by Crippen LogP contribution is 2.13. The minimum Gasteiger partial charge on any atom is -0.386 e. The summed E-state index contributed by atoms with van der Waals surface area (Å²) in [4.78, 5) is 10.1. The topological polar surface area (TPSA) is 78.8 Å². The molecule has 5 heteroatoms. The third kappa shape index (κ3) is 19.9. The van der Waals surface area contributed by atoms with Crippen molar-refractivity contribution < 1.29 is 19.7 Å². The van der Waals surface area contributed by atoms with Gasteiger partial charge in [-0.3, -0.25) is 4.79 Å². The van der Waals surface area contributed by atoms with E-state index in [1.165, 1.54) is 89.9 Å². The number of carbonyl (C=O) groups is 1. The van der Waals surface area contributed by atoms with Crippen molar-refractivity contribution in [2.24, 2.45) is 0 Å². The van der Waals surface area contributed by atoms with Gasteiger partial charge in [-0.15, -0.1) is 0 Å². The minimum atomic E-state index is -1.26. The smallest absolute Gasteiger partial charge is 0.209 e. The Kier molecular flexibility index (Phi) is 21.1. The first-order chi connectivity index (χ1) is 13.2. The Morgan fingerprint density at radius 3 is 1.56 bits per heavy atom. The summed E-state index contributed by atoms with van der Waals surface area (Å²) in [5.41, 5.74) is 0. The van der Waals surface area contributed by atoms with Gasteiger partial charge in [-0.25, -0.2) is 0 Å². The molecule has 0 aliphatic carbocycles. The van der Waals surface area contributed by atoms with E-state index in [1.54, 1.807) is 0 Å². The van der Waals surface area contributed by atoms with Crippen LogP contribution in [0.15, 0.2) is 0 Å². The van der Waals surface area contributed by atoms with Crippen LogP contribution in [0, 0.1) is 0 Å². The molecule has 0 aromatic rings. The first-order valence-electron chi connectivity index (χ1n) is 11.4. The van der Waals surface area contributed by atoms with Gasteiger partial charge in [0.25, 0.3) is 0 Å². The van der Waals surface area contributed by atoms with E-state index in [-0.39, 0.29) is 6.61 Å². The number of aliphatic hydroxyl groups is 2. The minimum absolute atomic E-state index is 0.0424. The van der Waals surface area contributed by atoms with Gasteiger partial charge >= 0.3 is 0 Å². The molecule has 27 heavy (non-hydrogen) atoms. The van der Waals surface area contributed by atoms with Crippen molar-refractivity contribution in [2.75, 3.05) is 13.2 Å². The second-order valence-electron chi connectivity index (χ2n) is 7.67. The first kappa shape index (κ1) is 26.4. The molecule has 0 aliphatic heterocycles. The Bertz CT molecular complexity index is 302. The van der Waals surface area contributed by atoms with E-state index >= 15 is 0 Å². The zero-order valence-electron chi connectivity index (χ0n) is 17.7. The summed E-state index contributed by atoms with van der Waals surface area (Å²) in [7, 11) is 0. The van der Waals surface area contributed by atoms with Crippen LogP contribution >= 0.6 is 0 Å². The van der Waals surface area contributed by atoms with Gasteiger partial charge in [-0.05, 0) is 6.42 Å². The van der Waals surface area contributed by atoms with Crippen LogP contribution < -0.4 is 5.32 Å². The van der Waals surface area contributed by atoms with Gasteiger partial charge in [0.15, 0.2) is 6.23 Å². The summed E-state index contributed by atoms with van der Waals surface area (Å²) in [5, 5.41) is 20.9. The molecule has 0 fully saturated rings. The van der Waals surface area contributed by atoms with E-state index in [0.717, 1.165) is 12.8 Å². The summed E-state index contributed by atoms with van der Waals surface area (Å²) < 4.78 is 5.32. The van der Waals surface area contributed by atoms with Crippen LogP contribution in [-0.2, 0) is 9.53 Å². The molecule has 0 aliphatic rings. The van der Waals surface area contributed by atoms with Crippen LogP contribution in [0.1, 0.15) is 110 Å². The Morgan fingerprint density at radius 1 is 0.741 bits per heavy atom. The van der Waals surface area contributed by atoms with Crippen molar-refractivity contribution in [3.8, 4) is 0 Å². The van der Waals surface area contributed by atoms with Crippen LogP contribution in [0.2, 0.25) is 0 Å². The molecule has 0 bridgehead atoms. The maximum atomic E-state index is 10.1. The third-order valence-corrected chi connectivity index (χ3v) is 5.03. The molecule has 1 amide bonds. The number of rotatable bonds is 22. The number of carbonyl (C=O) groups excluding carboxylic acids is 1. The fourth-order valence-electron chi connectivity index (χ4n) is 3.23. The molecule has 3 N–H and O–H groups in total. The molecule has 2 atom stereocenters. The largest absolute Gasteiger partial charge is 0.386 e. The number of unbranched alkanes of at least 4 members (excludes halogenated alkanes) is 15. The Morgan fingerprint density at radius 2 is 1.15 bits per heavy atom. The predicted molar refractivity (Wildman–Crippen MR) is 112 cm³/mol. The van der Waals surface area contributed by atoms with E-state index in [1.807, 2.05) is 0 Å². The number of ether oxygens (including phenoxy) is 1. The zero-order valence-corrected chi connectivity index (χ0v) is 17.7. The molecule has 0 saturated heterocycles. The molecular weight excluding hydrogens is 342 g/mol. The van der Waals surface area contributed by atoms with Crippen molar-refractivity contribution in [3.05, 3.63) is 0 Å². The number of aliphatic hydroxyl groups excluding tert-OH is 2. The number of hydrogen-bond acceptors (Lipinski definition) is 4. The lowest BCUT2D eigenvalue weighted by molar-refractivity contribution is -0.116. The Labute approximate surface area is 167 Å². The number of amides is 1. The summed E-state index contributed by atoms with van der Waals surface area (Å²) in [6.07, 6.45) is 19.4. The van der Waals surface area contributed by atoms with Gasteiger partial charge in [0, 0.05) is 6.61 Å². The number of nitrogens with one attached hydrogen (secondary N) is 1. The van der Waals surface area contributed by atoms with Crippen LogP contribution in [0.5, 0.6) is 0 Å². The fraction of sp³-hybridized carbons (Fsp3) is 0.955. The van der Waals surface area contributed by atoms with Crippen molar-refractivity contribution >= 4 is 6.41 Å². The third-order valence-electron chi connectivity index (χ3n) is 5.03. The molecule has 0 saturated carbocycles. The maximum absolute atomic E-state index is 10.1. The molecule has 0 aromatic heterocycles. The lowest BCUT2D eigenvalue weighted by Gasteiger charge is -2.16. The summed E-state index contributed by atoms with van der Waals surface area (Å²) in [5.74, 6) is 0. The van der Waals surface area contributed by atoms with Gasteiger partial charge in [0.1, 0.15) is 6.10 Å². The summed E-state index contributed by atoms with van der Waals surface area (Å²) >= 11 is 0. The fourth-order valence-corrected chi connectivity index (χ4v) is 3.23. The molecule has 0 radical (unpaired) electrons. The second-order valence-corrected chi connectivity index (χ2v) is 7.67. The lowest BCUT2D eigenvalue weighted by Crippen LogP contribution is -2.41. The van der Waals surface area contributed by atoms with Gasteiger partial charge in [-0.1, -0.05) is 103 Å². The van der Waals surface area contributed by atoms with Crippen molar-refractivity contribution in [1.82, 2.24) is 5.32 Å². The van der Waals surface area contributed by atoms with E-state index in [0.29, 0.717) is 13.0 Å². The highest BCUT2D eigenvalue weighted by molar-refractivity contribution is 5.46. The van der Waals surface area contributed by atoms with Crippen LogP contribution in [0.4, 0.5) is 0 Å². The van der Waals surface area contributed by atoms with Gasteiger partial charge < -0.3 is 20.3 Å². The average Bonchev–Trinajstić information content (AvgIpc) is 2.67. The van der Waals surface area contributed by atoms with E-state index in [9.17, 15) is 15.0 Å². The second kappa shape index (κ2) is 21.6. The SMILES string of the molecule is CCCCCCCCCCCCCCCCCCOCC(O)C(O)NC=O. The molecule has 0 heterocycles. The predicted octanol–water partition coefficient (Wildman–Crippen LogP) is 4.69. The molecule has 162 valence electrons. The molecule has 0 aromatic carbocycles. The first-order valence-corrected chi connectivity index (χ1v) is 11.4. The van der Waals surface area contributed by atoms with Crippen LogP contribution in [0.25, 0.3) is 0 Å². The van der Waals surface area contributed by atoms with E-state index in [2.05, 4.69) is 12.2 Å². The van der Waals surface area contributed by atoms with Crippen molar-refractivity contribution in [1.29, 1.82) is 0 Å². The molecule has 0 rings (SSSR count). The van der Waals surface area contributed by atoms with Gasteiger partial charge in [0.05, 0.1) is 6.61 Å². The normalized spacial score (nSPS) is 13.4. The van der Waals surface area contributed by atoms with E-state index in [4.69, 9.17) is 4.74 Å². The zero-order chi connectivity index (χ0) is 20.0. The molecule has 0 spiro atoms. The van der Waals surface area contributed by atoms with Crippen LogP contribution in [0.3, 0.4) is 0 Å². The molecule has 2 unspecified atom stereocenters. The maximum Gasteiger partial charge on any atom is 0.209 e. The van der Waals surface area contributed by atoms with E-state index < -0.39 is 12.3 Å². The number of hydrogen-bond donors (Lipinski definition) is 3. The highest BCUT2D eigenvalue weighted by atomic mass is 16.5. The Hall–Kier alpha value is -0.650. The van der Waals surface area contributed by atoms with Gasteiger partial charge in [-0.2, -0.15) is 0 Å². The van der Waals surface area contributed by atoms with Crippen molar-refractivity contribution in [3.63, 3.8) is 0 Å². The average molecular weight is 388 g/mol.